The highest BCUT2D eigenvalue weighted by Crippen LogP contribution is 2.22. The number of esters is 1. The summed E-state index contributed by atoms with van der Waals surface area (Å²) in [6, 6.07) is 17.3. The molecule has 29 heavy (non-hydrogen) atoms. The number of hydrogen-bond acceptors (Lipinski definition) is 6. The maximum atomic E-state index is 12.8. The molecule has 2 aromatic carbocycles. The summed E-state index contributed by atoms with van der Waals surface area (Å²) in [5.41, 5.74) is 0.523. The quantitative estimate of drug-likeness (QED) is 0.526. The fourth-order valence-corrected chi connectivity index (χ4v) is 2.76. The molecule has 0 aliphatic heterocycles. The van der Waals surface area contributed by atoms with Gasteiger partial charge >= 0.3 is 5.97 Å². The van der Waals surface area contributed by atoms with E-state index in [1.165, 1.54) is 0 Å². The van der Waals surface area contributed by atoms with Gasteiger partial charge in [0, 0.05) is 16.1 Å². The number of hydrogen-bond donors (Lipinski definition) is 1. The van der Waals surface area contributed by atoms with Crippen LogP contribution < -0.4 is 10.1 Å². The molecule has 8 heteroatoms. The Labute approximate surface area is 176 Å². The molecule has 1 heterocycles. The molecule has 150 valence electrons. The number of anilines is 1. The molecule has 0 radical (unpaired) electrons. The third-order valence-electron chi connectivity index (χ3n) is 3.91. The van der Waals surface area contributed by atoms with Gasteiger partial charge in [0.15, 0.2) is 11.9 Å². The zero-order valence-corrected chi connectivity index (χ0v) is 17.4. The van der Waals surface area contributed by atoms with Crippen LogP contribution in [0.3, 0.4) is 0 Å². The molecular formula is C21H19BrN2O5. The second-order valence-electron chi connectivity index (χ2n) is 6.25. The van der Waals surface area contributed by atoms with E-state index in [-0.39, 0.29) is 5.82 Å². The van der Waals surface area contributed by atoms with Crippen molar-refractivity contribution in [2.24, 2.45) is 0 Å². The van der Waals surface area contributed by atoms with Crippen molar-refractivity contribution >= 4 is 33.6 Å². The SMILES string of the molecule is Cc1cc(NC(=O)C(OC(=O)C(C)Oc2ccc(Br)cc2)c2ccccc2)no1. The topological polar surface area (TPSA) is 90.7 Å². The van der Waals surface area contributed by atoms with Gasteiger partial charge in [-0.2, -0.15) is 0 Å². The third-order valence-corrected chi connectivity index (χ3v) is 4.44. The number of carbonyl (C=O) groups excluding carboxylic acids is 2. The van der Waals surface area contributed by atoms with Gasteiger partial charge in [-0.25, -0.2) is 4.79 Å². The Kier molecular flexibility index (Phi) is 6.66. The van der Waals surface area contributed by atoms with Crippen molar-refractivity contribution in [3.05, 3.63) is 76.5 Å². The van der Waals surface area contributed by atoms with Gasteiger partial charge in [0.2, 0.25) is 6.10 Å². The van der Waals surface area contributed by atoms with Crippen LogP contribution in [0.1, 0.15) is 24.4 Å². The van der Waals surface area contributed by atoms with Crippen LogP contribution in [0, 0.1) is 6.92 Å². The molecule has 2 atom stereocenters. The number of nitrogens with one attached hydrogen (secondary N) is 1. The van der Waals surface area contributed by atoms with Crippen LogP contribution in [-0.2, 0) is 14.3 Å². The van der Waals surface area contributed by atoms with Crippen LogP contribution in [0.2, 0.25) is 0 Å². The lowest BCUT2D eigenvalue weighted by Gasteiger charge is -2.20. The fourth-order valence-electron chi connectivity index (χ4n) is 2.50. The summed E-state index contributed by atoms with van der Waals surface area (Å²) in [6.45, 7) is 3.27. The minimum Gasteiger partial charge on any atom is -0.479 e. The number of halogens is 1. The Hall–Kier alpha value is -3.13. The van der Waals surface area contributed by atoms with Crippen LogP contribution >= 0.6 is 15.9 Å². The van der Waals surface area contributed by atoms with E-state index in [4.69, 9.17) is 14.0 Å². The monoisotopic (exact) mass is 458 g/mol. The lowest BCUT2D eigenvalue weighted by molar-refractivity contribution is -0.161. The number of benzene rings is 2. The molecule has 3 rings (SSSR count). The number of nitrogens with zero attached hydrogens (tertiary/aromatic N) is 1. The van der Waals surface area contributed by atoms with E-state index in [1.807, 2.05) is 0 Å². The second-order valence-corrected chi connectivity index (χ2v) is 7.17. The van der Waals surface area contributed by atoms with Gasteiger partial charge in [-0.05, 0) is 38.1 Å². The van der Waals surface area contributed by atoms with E-state index >= 15 is 0 Å². The Balaban J connectivity index is 1.72. The lowest BCUT2D eigenvalue weighted by Crippen LogP contribution is -2.32. The molecule has 2 unspecified atom stereocenters. The molecule has 0 saturated carbocycles. The van der Waals surface area contributed by atoms with Crippen molar-refractivity contribution in [3.8, 4) is 5.75 Å². The number of carbonyl (C=O) groups is 2. The zero-order valence-electron chi connectivity index (χ0n) is 15.8. The predicted molar refractivity (Wildman–Crippen MR) is 109 cm³/mol. The summed E-state index contributed by atoms with van der Waals surface area (Å²) < 4.78 is 16.9. The molecular weight excluding hydrogens is 440 g/mol. The van der Waals surface area contributed by atoms with Crippen molar-refractivity contribution < 1.29 is 23.6 Å². The van der Waals surface area contributed by atoms with Gasteiger partial charge in [-0.15, -0.1) is 0 Å². The van der Waals surface area contributed by atoms with E-state index in [0.717, 1.165) is 4.47 Å². The Bertz CT molecular complexity index is 972. The van der Waals surface area contributed by atoms with E-state index in [1.54, 1.807) is 74.5 Å². The summed E-state index contributed by atoms with van der Waals surface area (Å²) in [4.78, 5) is 25.3. The van der Waals surface area contributed by atoms with Crippen LogP contribution in [0.4, 0.5) is 5.82 Å². The van der Waals surface area contributed by atoms with Gasteiger partial charge in [-0.3, -0.25) is 4.79 Å². The third kappa shape index (κ3) is 5.68. The summed E-state index contributed by atoms with van der Waals surface area (Å²) in [6.07, 6.45) is -2.08. The summed E-state index contributed by atoms with van der Waals surface area (Å²) in [7, 11) is 0. The molecule has 0 spiro atoms. The maximum Gasteiger partial charge on any atom is 0.348 e. The minimum absolute atomic E-state index is 0.239. The van der Waals surface area contributed by atoms with Crippen LogP contribution in [0.15, 0.2) is 69.7 Å². The molecule has 1 N–H and O–H groups in total. The van der Waals surface area contributed by atoms with E-state index in [9.17, 15) is 9.59 Å². The average Bonchev–Trinajstić information content (AvgIpc) is 3.12. The molecule has 3 aromatic rings. The van der Waals surface area contributed by atoms with Gasteiger partial charge in [0.25, 0.3) is 5.91 Å². The van der Waals surface area contributed by atoms with E-state index in [0.29, 0.717) is 17.1 Å². The largest absolute Gasteiger partial charge is 0.479 e. The molecule has 0 aliphatic rings. The first-order chi connectivity index (χ1) is 13.9. The highest BCUT2D eigenvalue weighted by atomic mass is 79.9. The minimum atomic E-state index is -1.17. The first kappa shape index (κ1) is 20.6. The molecule has 0 fully saturated rings. The van der Waals surface area contributed by atoms with Crippen molar-refractivity contribution in [1.29, 1.82) is 0 Å². The van der Waals surface area contributed by atoms with Gasteiger partial charge in [-0.1, -0.05) is 51.4 Å². The number of aryl methyl sites for hydroxylation is 1. The van der Waals surface area contributed by atoms with Crippen molar-refractivity contribution in [3.63, 3.8) is 0 Å². The second kappa shape index (κ2) is 9.38. The number of rotatable bonds is 7. The Morgan fingerprint density at radius 2 is 1.79 bits per heavy atom. The highest BCUT2D eigenvalue weighted by Gasteiger charge is 2.29. The molecule has 0 saturated heterocycles. The van der Waals surface area contributed by atoms with Crippen molar-refractivity contribution in [2.45, 2.75) is 26.1 Å². The summed E-state index contributed by atoms with van der Waals surface area (Å²) in [5.74, 6) is 0.0760. The zero-order chi connectivity index (χ0) is 20.8. The van der Waals surface area contributed by atoms with Crippen molar-refractivity contribution in [2.75, 3.05) is 5.32 Å². The standard InChI is InChI=1S/C21H19BrN2O5/c1-13-12-18(24-29-13)23-20(25)19(15-6-4-3-5-7-15)28-21(26)14(2)27-17-10-8-16(22)9-11-17/h3-12,14,19H,1-2H3,(H,23,24,25). The molecule has 1 amide bonds. The number of amides is 1. The number of ether oxygens (including phenoxy) is 2. The van der Waals surface area contributed by atoms with Gasteiger partial charge in [0.1, 0.15) is 11.5 Å². The number of aromatic nitrogens is 1. The lowest BCUT2D eigenvalue weighted by atomic mass is 10.1. The van der Waals surface area contributed by atoms with Gasteiger partial charge in [0.05, 0.1) is 0 Å². The van der Waals surface area contributed by atoms with Crippen LogP contribution in [-0.4, -0.2) is 23.1 Å². The molecule has 1 aromatic heterocycles. The molecule has 0 bridgehead atoms. The highest BCUT2D eigenvalue weighted by molar-refractivity contribution is 9.10. The Morgan fingerprint density at radius 3 is 2.41 bits per heavy atom. The molecule has 0 aliphatic carbocycles. The first-order valence-electron chi connectivity index (χ1n) is 8.84. The van der Waals surface area contributed by atoms with Crippen LogP contribution in [0.25, 0.3) is 0 Å². The normalized spacial score (nSPS) is 12.7. The molecule has 7 nitrogen and oxygen atoms in total. The van der Waals surface area contributed by atoms with E-state index < -0.39 is 24.1 Å². The predicted octanol–water partition coefficient (Wildman–Crippen LogP) is 4.44. The summed E-state index contributed by atoms with van der Waals surface area (Å²) >= 11 is 3.34. The van der Waals surface area contributed by atoms with E-state index in [2.05, 4.69) is 26.4 Å². The van der Waals surface area contributed by atoms with Crippen LogP contribution in [0.5, 0.6) is 5.75 Å². The smallest absolute Gasteiger partial charge is 0.348 e. The fraction of sp³-hybridized carbons (Fsp3) is 0.190. The Morgan fingerprint density at radius 1 is 1.10 bits per heavy atom. The first-order valence-corrected chi connectivity index (χ1v) is 9.63. The summed E-state index contributed by atoms with van der Waals surface area (Å²) in [5, 5.41) is 6.33. The average molecular weight is 459 g/mol. The van der Waals surface area contributed by atoms with Gasteiger partial charge < -0.3 is 19.3 Å². The van der Waals surface area contributed by atoms with Crippen molar-refractivity contribution in [1.82, 2.24) is 5.16 Å². The maximum absolute atomic E-state index is 12.8.